The van der Waals surface area contributed by atoms with Crippen molar-refractivity contribution in [2.75, 3.05) is 24.6 Å². The lowest BCUT2D eigenvalue weighted by Gasteiger charge is -2.30. The molecule has 0 saturated heterocycles. The van der Waals surface area contributed by atoms with Gasteiger partial charge < -0.3 is 13.9 Å². The average Bonchev–Trinajstić information content (AvgIpc) is 3.19. The number of anilines is 1. The van der Waals surface area contributed by atoms with Crippen molar-refractivity contribution in [3.63, 3.8) is 0 Å². The fourth-order valence-electron chi connectivity index (χ4n) is 3.12. The van der Waals surface area contributed by atoms with Crippen LogP contribution in [0.3, 0.4) is 0 Å². The van der Waals surface area contributed by atoms with E-state index >= 15 is 0 Å². The molecule has 0 bridgehead atoms. The van der Waals surface area contributed by atoms with Gasteiger partial charge in [-0.25, -0.2) is 4.98 Å². The Balaban J connectivity index is 1.80. The van der Waals surface area contributed by atoms with Gasteiger partial charge in [-0.15, -0.1) is 0 Å². The van der Waals surface area contributed by atoms with Crippen molar-refractivity contribution in [3.05, 3.63) is 54.0 Å². The average molecular weight is 411 g/mol. The zero-order chi connectivity index (χ0) is 20.6. The fourth-order valence-corrected chi connectivity index (χ4v) is 4.53. The number of aromatic nitrogens is 1. The van der Waals surface area contributed by atoms with Crippen LogP contribution in [-0.4, -0.2) is 33.7 Å². The van der Waals surface area contributed by atoms with E-state index in [4.69, 9.17) is 19.2 Å². The Morgan fingerprint density at radius 1 is 1.21 bits per heavy atom. The summed E-state index contributed by atoms with van der Waals surface area (Å²) in [5, 5.41) is 9.00. The van der Waals surface area contributed by atoms with E-state index in [1.165, 1.54) is 17.5 Å². The molecule has 0 fully saturated rings. The van der Waals surface area contributed by atoms with Gasteiger partial charge in [0.15, 0.2) is 11.4 Å². The summed E-state index contributed by atoms with van der Waals surface area (Å²) in [4.78, 5) is 4.11. The molecule has 148 valence electrons. The summed E-state index contributed by atoms with van der Waals surface area (Å²) >= 11 is 0. The number of hydrogen-bond acceptors (Lipinski definition) is 7. The number of methoxy groups -OCH3 is 1. The summed E-state index contributed by atoms with van der Waals surface area (Å²) in [7, 11) is -2.41. The third kappa shape index (κ3) is 3.28. The van der Waals surface area contributed by atoms with Gasteiger partial charge in [0.1, 0.15) is 24.2 Å². The van der Waals surface area contributed by atoms with Gasteiger partial charge in [0.25, 0.3) is 10.0 Å². The largest absolute Gasteiger partial charge is 0.494 e. The zero-order valence-electron chi connectivity index (χ0n) is 15.7. The molecule has 29 heavy (non-hydrogen) atoms. The normalized spacial score (nSPS) is 13.3. The highest BCUT2D eigenvalue weighted by molar-refractivity contribution is 7.92. The molecule has 1 aromatic carbocycles. The van der Waals surface area contributed by atoms with E-state index in [1.807, 2.05) is 6.07 Å². The quantitative estimate of drug-likeness (QED) is 0.649. The molecule has 0 saturated carbocycles. The zero-order valence-corrected chi connectivity index (χ0v) is 16.6. The Bertz CT molecular complexity index is 1230. The number of nitrogens with zero attached hydrogens (tertiary/aromatic N) is 3. The smallest absolute Gasteiger partial charge is 0.298 e. The number of rotatable bonds is 4. The van der Waals surface area contributed by atoms with Crippen LogP contribution in [0.25, 0.3) is 11.1 Å². The Morgan fingerprint density at radius 2 is 2.03 bits per heavy atom. The third-order valence-corrected chi connectivity index (χ3v) is 6.24. The van der Waals surface area contributed by atoms with Crippen LogP contribution in [0.4, 0.5) is 5.69 Å². The van der Waals surface area contributed by atoms with Crippen molar-refractivity contribution in [2.24, 2.45) is 0 Å². The van der Waals surface area contributed by atoms with E-state index < -0.39 is 10.0 Å². The summed E-state index contributed by atoms with van der Waals surface area (Å²) in [5.74, 6) is 1.32. The van der Waals surface area contributed by atoms with E-state index in [-0.39, 0.29) is 23.9 Å². The lowest BCUT2D eigenvalue weighted by Crippen LogP contribution is -2.37. The molecule has 4 rings (SSSR count). The molecule has 0 unspecified atom stereocenters. The maximum atomic E-state index is 13.1. The number of fused-ring (bicyclic) bond motifs is 1. The van der Waals surface area contributed by atoms with Gasteiger partial charge in [0, 0.05) is 11.8 Å². The van der Waals surface area contributed by atoms with E-state index in [1.54, 1.807) is 43.5 Å². The Hall–Kier alpha value is -3.51. The van der Waals surface area contributed by atoms with Crippen LogP contribution in [0, 0.1) is 18.3 Å². The molecule has 0 spiro atoms. The van der Waals surface area contributed by atoms with Crippen molar-refractivity contribution in [2.45, 2.75) is 12.0 Å². The first kappa shape index (κ1) is 18.8. The van der Waals surface area contributed by atoms with Gasteiger partial charge >= 0.3 is 0 Å². The first-order valence-electron chi connectivity index (χ1n) is 8.74. The molecule has 8 nitrogen and oxygen atoms in total. The number of ether oxygens (including phenoxy) is 2. The highest BCUT2D eigenvalue weighted by Crippen LogP contribution is 2.39. The maximum Gasteiger partial charge on any atom is 0.298 e. The second-order valence-corrected chi connectivity index (χ2v) is 8.15. The van der Waals surface area contributed by atoms with Gasteiger partial charge in [-0.3, -0.25) is 4.31 Å². The summed E-state index contributed by atoms with van der Waals surface area (Å²) < 4.78 is 43.7. The van der Waals surface area contributed by atoms with Crippen LogP contribution >= 0.6 is 0 Å². The monoisotopic (exact) mass is 411 g/mol. The molecular weight excluding hydrogens is 394 g/mol. The number of benzene rings is 1. The fraction of sp³-hybridized carbons (Fsp3) is 0.200. The predicted molar refractivity (Wildman–Crippen MR) is 104 cm³/mol. The van der Waals surface area contributed by atoms with Crippen molar-refractivity contribution in [1.82, 2.24) is 4.98 Å². The van der Waals surface area contributed by atoms with Crippen molar-refractivity contribution < 1.29 is 22.3 Å². The molecule has 9 heteroatoms. The van der Waals surface area contributed by atoms with Gasteiger partial charge in [-0.1, -0.05) is 6.07 Å². The summed E-state index contributed by atoms with van der Waals surface area (Å²) in [5.41, 5.74) is 1.97. The summed E-state index contributed by atoms with van der Waals surface area (Å²) in [6, 6.07) is 11.9. The minimum atomic E-state index is -3.87. The van der Waals surface area contributed by atoms with E-state index in [9.17, 15) is 8.42 Å². The molecule has 1 aliphatic rings. The van der Waals surface area contributed by atoms with Gasteiger partial charge in [-0.05, 0) is 42.8 Å². The van der Waals surface area contributed by atoms with Crippen molar-refractivity contribution in [1.29, 1.82) is 5.26 Å². The van der Waals surface area contributed by atoms with Crippen LogP contribution in [0.2, 0.25) is 0 Å². The number of furan rings is 1. The summed E-state index contributed by atoms with van der Waals surface area (Å²) in [6.07, 6.45) is 1.54. The molecular formula is C20H17N3O5S. The molecule has 1 aliphatic heterocycles. The lowest BCUT2D eigenvalue weighted by molar-refractivity contribution is 0.315. The van der Waals surface area contributed by atoms with Gasteiger partial charge in [0.2, 0.25) is 5.09 Å². The first-order chi connectivity index (χ1) is 13.9. The Kier molecular flexibility index (Phi) is 4.64. The second-order valence-electron chi connectivity index (χ2n) is 6.36. The van der Waals surface area contributed by atoms with Gasteiger partial charge in [-0.2, -0.15) is 13.7 Å². The standard InChI is InChI=1S/C20H17N3O5S/c1-13-3-6-20(28-13)29(24,25)23-7-8-27-18-5-4-14(9-17(18)23)15-10-19(26-2)16(11-21)22-12-15/h3-6,9-10,12H,7-8H2,1-2H3. The molecule has 0 aliphatic carbocycles. The van der Waals surface area contributed by atoms with Crippen LogP contribution < -0.4 is 13.8 Å². The maximum absolute atomic E-state index is 13.1. The van der Waals surface area contributed by atoms with E-state index in [0.717, 1.165) is 0 Å². The number of pyridine rings is 1. The number of aryl methyl sites for hydroxylation is 1. The van der Waals surface area contributed by atoms with E-state index in [2.05, 4.69) is 4.98 Å². The highest BCUT2D eigenvalue weighted by atomic mass is 32.2. The Labute approximate surface area is 168 Å². The summed E-state index contributed by atoms with van der Waals surface area (Å²) in [6.45, 7) is 2.08. The first-order valence-corrected chi connectivity index (χ1v) is 10.2. The molecule has 2 aromatic heterocycles. The predicted octanol–water partition coefficient (Wildman–Crippen LogP) is 3.12. The van der Waals surface area contributed by atoms with Gasteiger partial charge in [0.05, 0.1) is 19.3 Å². The minimum Gasteiger partial charge on any atom is -0.494 e. The molecule has 3 aromatic rings. The molecule has 0 amide bonds. The molecule has 3 heterocycles. The second kappa shape index (κ2) is 7.14. The topological polar surface area (TPSA) is 106 Å². The number of sulfonamides is 1. The Morgan fingerprint density at radius 3 is 2.72 bits per heavy atom. The molecule has 0 radical (unpaired) electrons. The minimum absolute atomic E-state index is 0.116. The van der Waals surface area contributed by atoms with Crippen LogP contribution in [0.15, 0.2) is 52.1 Å². The van der Waals surface area contributed by atoms with Crippen molar-refractivity contribution >= 4 is 15.7 Å². The van der Waals surface area contributed by atoms with Crippen LogP contribution in [-0.2, 0) is 10.0 Å². The van der Waals surface area contributed by atoms with Crippen LogP contribution in [0.5, 0.6) is 11.5 Å². The van der Waals surface area contributed by atoms with Crippen LogP contribution in [0.1, 0.15) is 11.5 Å². The molecule has 0 atom stereocenters. The SMILES string of the molecule is COc1cc(-c2ccc3c(c2)N(S(=O)(=O)c2ccc(C)o2)CCO3)cnc1C#N. The highest BCUT2D eigenvalue weighted by Gasteiger charge is 2.32. The molecule has 0 N–H and O–H groups in total. The lowest BCUT2D eigenvalue weighted by atomic mass is 10.1. The number of hydrogen-bond donors (Lipinski definition) is 0. The third-order valence-electron chi connectivity index (χ3n) is 4.55. The number of nitriles is 1. The van der Waals surface area contributed by atoms with E-state index in [0.29, 0.717) is 34.1 Å². The van der Waals surface area contributed by atoms with Crippen molar-refractivity contribution in [3.8, 4) is 28.7 Å².